The Morgan fingerprint density at radius 2 is 1.22 bits per heavy atom. The van der Waals surface area contributed by atoms with Gasteiger partial charge < -0.3 is 15.6 Å². The minimum absolute atomic E-state index is 0.227. The number of hydrogen-bond donors (Lipinski definition) is 1. The Morgan fingerprint density at radius 3 is 1.59 bits per heavy atom. The smallest absolute Gasteiger partial charge is 0.0739 e. The Balaban J connectivity index is 0.000000569. The van der Waals surface area contributed by atoms with Crippen molar-refractivity contribution in [1.29, 1.82) is 0 Å². The highest BCUT2D eigenvalue weighted by molar-refractivity contribution is 5.85. The van der Waals surface area contributed by atoms with Crippen LogP contribution in [0.1, 0.15) is 107 Å². The van der Waals surface area contributed by atoms with Gasteiger partial charge in [0.25, 0.3) is 0 Å². The van der Waals surface area contributed by atoms with Crippen LogP contribution in [0.2, 0.25) is 0 Å². The van der Waals surface area contributed by atoms with E-state index in [1.54, 1.807) is 12.1 Å². The van der Waals surface area contributed by atoms with Crippen molar-refractivity contribution in [3.63, 3.8) is 0 Å². The molecule has 1 rings (SSSR count). The lowest BCUT2D eigenvalue weighted by molar-refractivity contribution is -0.368. The molecule has 0 fully saturated rings. The number of carboxylic acid groups (broad SMARTS) is 1. The summed E-state index contributed by atoms with van der Waals surface area (Å²) in [5.74, 6) is -0.228. The molecule has 156 valence electrons. The van der Waals surface area contributed by atoms with Gasteiger partial charge in [-0.1, -0.05) is 108 Å². The number of benzene rings is 1. The number of aryl methyl sites for hydroxylation is 1. The molecule has 0 saturated carbocycles. The van der Waals surface area contributed by atoms with Crippen LogP contribution in [0.3, 0.4) is 0 Å². The first-order valence-corrected chi connectivity index (χ1v) is 11.0. The number of carboxylic acids is 1. The van der Waals surface area contributed by atoms with E-state index >= 15 is 0 Å². The van der Waals surface area contributed by atoms with Crippen LogP contribution in [0, 0.1) is 12.8 Å². The standard InChI is InChI=1S/C16H35N.C8H8O2/c1-16(2)14-12-10-8-6-4-3-5-7-9-11-13-15-17;1-6-2-4-7(5-3-6)8(9)10/h16H,3-15,17H2,1-2H3;2-5H,1H3,(H,9,10). The summed E-state index contributed by atoms with van der Waals surface area (Å²) in [4.78, 5) is 10.2. The predicted octanol–water partition coefficient (Wildman–Crippen LogP) is 4.92. The van der Waals surface area contributed by atoms with Crippen LogP contribution in [0.4, 0.5) is 0 Å². The number of quaternary nitrogens is 1. The fourth-order valence-corrected chi connectivity index (χ4v) is 3.01. The summed E-state index contributed by atoms with van der Waals surface area (Å²) in [6.45, 7) is 7.68. The summed E-state index contributed by atoms with van der Waals surface area (Å²) in [6.07, 6.45) is 17.3. The molecule has 3 nitrogen and oxygen atoms in total. The Kier molecular flexibility index (Phi) is 17.1. The van der Waals surface area contributed by atoms with Crippen molar-refractivity contribution >= 4 is 5.97 Å². The molecule has 0 aliphatic heterocycles. The first-order valence-electron chi connectivity index (χ1n) is 11.0. The van der Waals surface area contributed by atoms with Crippen molar-refractivity contribution in [2.75, 3.05) is 6.54 Å². The molecule has 0 saturated heterocycles. The predicted molar refractivity (Wildman–Crippen MR) is 114 cm³/mol. The van der Waals surface area contributed by atoms with Gasteiger partial charge in [-0.3, -0.25) is 0 Å². The number of unbranched alkanes of at least 4 members (excludes halogenated alkanes) is 10. The molecule has 1 aromatic rings. The van der Waals surface area contributed by atoms with Crippen LogP contribution in [0.25, 0.3) is 0 Å². The lowest BCUT2D eigenvalue weighted by atomic mass is 10.0. The van der Waals surface area contributed by atoms with Crippen molar-refractivity contribution < 1.29 is 15.6 Å². The van der Waals surface area contributed by atoms with Gasteiger partial charge >= 0.3 is 0 Å². The largest absolute Gasteiger partial charge is 0.545 e. The maximum Gasteiger partial charge on any atom is 0.0739 e. The van der Waals surface area contributed by atoms with Gasteiger partial charge in [-0.05, 0) is 31.2 Å². The lowest BCUT2D eigenvalue weighted by Crippen LogP contribution is -2.50. The van der Waals surface area contributed by atoms with Crippen molar-refractivity contribution in [3.05, 3.63) is 35.4 Å². The van der Waals surface area contributed by atoms with Crippen molar-refractivity contribution in [2.45, 2.75) is 97.8 Å². The summed E-state index contributed by atoms with van der Waals surface area (Å²) in [7, 11) is 0. The highest BCUT2D eigenvalue weighted by atomic mass is 16.4. The lowest BCUT2D eigenvalue weighted by Gasteiger charge is -2.04. The van der Waals surface area contributed by atoms with Crippen LogP contribution < -0.4 is 10.8 Å². The van der Waals surface area contributed by atoms with E-state index in [9.17, 15) is 9.90 Å². The van der Waals surface area contributed by atoms with E-state index < -0.39 is 5.97 Å². The highest BCUT2D eigenvalue weighted by Gasteiger charge is 1.95. The molecule has 0 amide bonds. The topological polar surface area (TPSA) is 67.8 Å². The van der Waals surface area contributed by atoms with Crippen LogP contribution in [0.5, 0.6) is 0 Å². The Bertz CT molecular complexity index is 454. The molecule has 0 unspecified atom stereocenters. The summed E-state index contributed by atoms with van der Waals surface area (Å²) in [5.41, 5.74) is 5.15. The Hall–Kier alpha value is -1.35. The number of carbonyl (C=O) groups excluding carboxylic acids is 1. The molecule has 27 heavy (non-hydrogen) atoms. The minimum atomic E-state index is -1.12. The van der Waals surface area contributed by atoms with Crippen LogP contribution in [-0.4, -0.2) is 12.5 Å². The third-order valence-electron chi connectivity index (χ3n) is 4.82. The van der Waals surface area contributed by atoms with Crippen LogP contribution >= 0.6 is 0 Å². The average Bonchev–Trinajstić information content (AvgIpc) is 2.63. The van der Waals surface area contributed by atoms with Gasteiger partial charge in [-0.25, -0.2) is 0 Å². The zero-order valence-electron chi connectivity index (χ0n) is 18.1. The van der Waals surface area contributed by atoms with Crippen molar-refractivity contribution in [3.8, 4) is 0 Å². The van der Waals surface area contributed by atoms with E-state index in [4.69, 9.17) is 0 Å². The van der Waals surface area contributed by atoms with Gasteiger partial charge in [0.05, 0.1) is 12.5 Å². The maximum absolute atomic E-state index is 10.2. The molecular formula is C24H43NO2. The second-order valence-electron chi connectivity index (χ2n) is 8.08. The molecule has 0 heterocycles. The molecule has 0 atom stereocenters. The van der Waals surface area contributed by atoms with Crippen LogP contribution in [-0.2, 0) is 0 Å². The zero-order chi connectivity index (χ0) is 20.3. The summed E-state index contributed by atoms with van der Waals surface area (Å²) in [6, 6.07) is 6.55. The molecule has 0 radical (unpaired) electrons. The summed E-state index contributed by atoms with van der Waals surface area (Å²) in [5, 5.41) is 10.2. The van der Waals surface area contributed by atoms with Gasteiger partial charge in [0.2, 0.25) is 0 Å². The number of carbonyl (C=O) groups is 1. The first kappa shape index (κ1) is 25.6. The average molecular weight is 378 g/mol. The monoisotopic (exact) mass is 377 g/mol. The molecule has 3 heteroatoms. The molecule has 3 N–H and O–H groups in total. The van der Waals surface area contributed by atoms with E-state index in [0.717, 1.165) is 18.0 Å². The van der Waals surface area contributed by atoms with Gasteiger partial charge in [0, 0.05) is 0 Å². The second-order valence-corrected chi connectivity index (χ2v) is 8.08. The molecule has 0 aliphatic carbocycles. The van der Waals surface area contributed by atoms with E-state index in [-0.39, 0.29) is 5.56 Å². The van der Waals surface area contributed by atoms with Crippen LogP contribution in [0.15, 0.2) is 24.3 Å². The fourth-order valence-electron chi connectivity index (χ4n) is 3.01. The van der Waals surface area contributed by atoms with E-state index in [0.29, 0.717) is 0 Å². The molecule has 0 spiro atoms. The van der Waals surface area contributed by atoms with Crippen molar-refractivity contribution in [2.24, 2.45) is 5.92 Å². The third kappa shape index (κ3) is 17.8. The summed E-state index contributed by atoms with van der Waals surface area (Å²) >= 11 is 0. The molecule has 1 aromatic carbocycles. The molecule has 0 aliphatic rings. The quantitative estimate of drug-likeness (QED) is 0.467. The van der Waals surface area contributed by atoms with Gasteiger partial charge in [0.1, 0.15) is 0 Å². The number of hydrogen-bond acceptors (Lipinski definition) is 2. The second kappa shape index (κ2) is 18.0. The SMILES string of the molecule is CC(C)CCCCCCCCCCCCC[NH3+].Cc1ccc(C(=O)[O-])cc1. The fraction of sp³-hybridized carbons (Fsp3) is 0.708. The highest BCUT2D eigenvalue weighted by Crippen LogP contribution is 2.13. The minimum Gasteiger partial charge on any atom is -0.545 e. The van der Waals surface area contributed by atoms with Crippen molar-refractivity contribution in [1.82, 2.24) is 0 Å². The van der Waals surface area contributed by atoms with Gasteiger partial charge in [-0.2, -0.15) is 0 Å². The number of rotatable bonds is 14. The maximum atomic E-state index is 10.2. The molecule has 0 bridgehead atoms. The normalized spacial score (nSPS) is 10.6. The summed E-state index contributed by atoms with van der Waals surface area (Å²) < 4.78 is 0. The number of aromatic carboxylic acids is 1. The van der Waals surface area contributed by atoms with Gasteiger partial charge in [-0.15, -0.1) is 0 Å². The van der Waals surface area contributed by atoms with Gasteiger partial charge in [0.15, 0.2) is 0 Å². The Labute approximate surface area is 167 Å². The Morgan fingerprint density at radius 1 is 0.815 bits per heavy atom. The molecular weight excluding hydrogens is 334 g/mol. The third-order valence-corrected chi connectivity index (χ3v) is 4.82. The first-order chi connectivity index (χ1) is 13.0. The molecule has 0 aromatic heterocycles. The van der Waals surface area contributed by atoms with E-state index in [2.05, 4.69) is 19.6 Å². The van der Waals surface area contributed by atoms with E-state index in [1.807, 2.05) is 6.92 Å². The van der Waals surface area contributed by atoms with E-state index in [1.165, 1.54) is 89.2 Å². The zero-order valence-corrected chi connectivity index (χ0v) is 18.1.